The summed E-state index contributed by atoms with van der Waals surface area (Å²) >= 11 is 0. The van der Waals surface area contributed by atoms with Gasteiger partial charge in [0.1, 0.15) is 0 Å². The summed E-state index contributed by atoms with van der Waals surface area (Å²) < 4.78 is 7.22. The van der Waals surface area contributed by atoms with Crippen LogP contribution in [0.5, 0.6) is 0 Å². The van der Waals surface area contributed by atoms with Gasteiger partial charge in [-0.15, -0.1) is 15.2 Å². The van der Waals surface area contributed by atoms with Gasteiger partial charge in [0, 0.05) is 45.2 Å². The number of aromatic nitrogens is 4. The van der Waals surface area contributed by atoms with E-state index in [-0.39, 0.29) is 23.7 Å². The van der Waals surface area contributed by atoms with Gasteiger partial charge in [0.2, 0.25) is 17.3 Å². The molecule has 0 spiro atoms. The highest BCUT2D eigenvalue weighted by Gasteiger charge is 2.35. The minimum absolute atomic E-state index is 0.00182. The predicted octanol–water partition coefficient (Wildman–Crippen LogP) is 2.84. The van der Waals surface area contributed by atoms with E-state index >= 15 is 0 Å². The van der Waals surface area contributed by atoms with E-state index < -0.39 is 0 Å². The minimum Gasteiger partial charge on any atom is -0.424 e. The first-order valence-electron chi connectivity index (χ1n) is 10.0. The zero-order valence-electron chi connectivity index (χ0n) is 17.8. The number of fused-ring (bicyclic) bond motifs is 1. The SMILES string of the molecule is [C-]#[N+]c1ccc2c(n1)c(N1C[C@@H](C)N(C(C)c3nnc(C)o3)C[C@@H]1C)cc(=O)n2C. The molecule has 1 saturated heterocycles. The highest BCUT2D eigenvalue weighted by atomic mass is 16.4. The minimum atomic E-state index is -0.0909. The molecule has 9 heteroatoms. The third kappa shape index (κ3) is 3.33. The first-order chi connectivity index (χ1) is 14.3. The van der Waals surface area contributed by atoms with Gasteiger partial charge >= 0.3 is 0 Å². The molecule has 1 fully saturated rings. The lowest BCUT2D eigenvalue weighted by Crippen LogP contribution is -2.57. The maximum Gasteiger partial charge on any atom is 0.270 e. The first kappa shape index (κ1) is 20.0. The van der Waals surface area contributed by atoms with Gasteiger partial charge in [0.15, 0.2) is 0 Å². The number of nitrogens with zero attached hydrogens (tertiary/aromatic N) is 7. The molecule has 3 aromatic rings. The number of anilines is 1. The Morgan fingerprint density at radius 3 is 2.67 bits per heavy atom. The van der Waals surface area contributed by atoms with Crippen molar-refractivity contribution in [1.82, 2.24) is 24.6 Å². The number of hydrogen-bond donors (Lipinski definition) is 0. The van der Waals surface area contributed by atoms with Crippen LogP contribution >= 0.6 is 0 Å². The van der Waals surface area contributed by atoms with Crippen molar-refractivity contribution in [2.75, 3.05) is 18.0 Å². The van der Waals surface area contributed by atoms with Crippen LogP contribution in [0.2, 0.25) is 0 Å². The second-order valence-electron chi connectivity index (χ2n) is 7.96. The van der Waals surface area contributed by atoms with E-state index in [1.54, 1.807) is 36.7 Å². The second kappa shape index (κ2) is 7.54. The molecule has 0 bridgehead atoms. The van der Waals surface area contributed by atoms with Gasteiger partial charge < -0.3 is 18.7 Å². The van der Waals surface area contributed by atoms with Gasteiger partial charge in [-0.2, -0.15) is 0 Å². The maximum atomic E-state index is 12.6. The smallest absolute Gasteiger partial charge is 0.270 e. The van der Waals surface area contributed by atoms with Gasteiger partial charge in [-0.1, -0.05) is 6.57 Å². The standard InChI is InChI=1S/C21H25N7O2/c1-12-11-28(13(2)10-27(12)14(3)21-25-24-15(4)30-21)17-9-19(29)26(6)16-7-8-18(22-5)23-20(16)17/h7-9,12-14H,10-11H2,1-4,6H3/t12-,13+,14?/m1/s1. The lowest BCUT2D eigenvalue weighted by molar-refractivity contribution is 0.103. The predicted molar refractivity (Wildman–Crippen MR) is 114 cm³/mol. The fourth-order valence-electron chi connectivity index (χ4n) is 4.23. The summed E-state index contributed by atoms with van der Waals surface area (Å²) in [4.78, 5) is 25.2. The van der Waals surface area contributed by atoms with E-state index in [2.05, 4.69) is 50.6 Å². The van der Waals surface area contributed by atoms with Crippen molar-refractivity contribution in [3.05, 3.63) is 51.8 Å². The largest absolute Gasteiger partial charge is 0.424 e. The Morgan fingerprint density at radius 2 is 2.00 bits per heavy atom. The lowest BCUT2D eigenvalue weighted by atomic mass is 10.0. The Hall–Kier alpha value is -3.25. The molecule has 9 nitrogen and oxygen atoms in total. The van der Waals surface area contributed by atoms with Gasteiger partial charge in [0.25, 0.3) is 11.4 Å². The zero-order chi connectivity index (χ0) is 21.6. The number of aryl methyl sites for hydroxylation is 2. The average Bonchev–Trinajstić information content (AvgIpc) is 3.17. The van der Waals surface area contributed by atoms with Gasteiger partial charge in [-0.3, -0.25) is 9.69 Å². The second-order valence-corrected chi connectivity index (χ2v) is 7.96. The third-order valence-electron chi connectivity index (χ3n) is 5.91. The topological polar surface area (TPSA) is 84.7 Å². The summed E-state index contributed by atoms with van der Waals surface area (Å²) in [6, 6.07) is 5.39. The summed E-state index contributed by atoms with van der Waals surface area (Å²) in [5, 5.41) is 8.14. The van der Waals surface area contributed by atoms with E-state index in [1.165, 1.54) is 0 Å². The highest BCUT2D eigenvalue weighted by molar-refractivity contribution is 5.89. The van der Waals surface area contributed by atoms with Crippen molar-refractivity contribution >= 4 is 22.5 Å². The molecule has 3 atom stereocenters. The fourth-order valence-corrected chi connectivity index (χ4v) is 4.23. The molecular weight excluding hydrogens is 382 g/mol. The van der Waals surface area contributed by atoms with Gasteiger partial charge in [-0.05, 0) is 32.9 Å². The highest BCUT2D eigenvalue weighted by Crippen LogP contribution is 2.32. The Balaban J connectivity index is 1.71. The van der Waals surface area contributed by atoms with Crippen molar-refractivity contribution in [1.29, 1.82) is 0 Å². The number of pyridine rings is 2. The molecule has 1 aliphatic rings. The fraction of sp³-hybridized carbons (Fsp3) is 0.476. The normalized spacial score (nSPS) is 21.0. The van der Waals surface area contributed by atoms with Crippen LogP contribution < -0.4 is 10.5 Å². The van der Waals surface area contributed by atoms with Crippen LogP contribution in [0.15, 0.2) is 27.4 Å². The summed E-state index contributed by atoms with van der Waals surface area (Å²) in [5.41, 5.74) is 2.09. The maximum absolute atomic E-state index is 12.6. The van der Waals surface area contributed by atoms with E-state index in [1.807, 2.05) is 0 Å². The number of rotatable bonds is 3. The van der Waals surface area contributed by atoms with Crippen LogP contribution in [0.3, 0.4) is 0 Å². The lowest BCUT2D eigenvalue weighted by Gasteiger charge is -2.46. The molecule has 0 radical (unpaired) electrons. The van der Waals surface area contributed by atoms with Crippen molar-refractivity contribution in [3.8, 4) is 0 Å². The van der Waals surface area contributed by atoms with Gasteiger partial charge in [0.05, 0.1) is 17.2 Å². The Morgan fingerprint density at radius 1 is 1.23 bits per heavy atom. The Bertz CT molecular complexity index is 1190. The average molecular weight is 407 g/mol. The van der Waals surface area contributed by atoms with E-state index in [9.17, 15) is 4.79 Å². The van der Waals surface area contributed by atoms with Gasteiger partial charge in [-0.25, -0.2) is 0 Å². The van der Waals surface area contributed by atoms with Crippen molar-refractivity contribution in [2.45, 2.75) is 45.8 Å². The van der Waals surface area contributed by atoms with Crippen LogP contribution in [0.25, 0.3) is 15.9 Å². The molecule has 0 amide bonds. The first-order valence-corrected chi connectivity index (χ1v) is 10.0. The summed E-state index contributed by atoms with van der Waals surface area (Å²) in [5.74, 6) is 1.49. The molecule has 0 aromatic carbocycles. The molecule has 1 unspecified atom stereocenters. The molecule has 3 aromatic heterocycles. The van der Waals surface area contributed by atoms with Crippen LogP contribution in [0, 0.1) is 13.5 Å². The third-order valence-corrected chi connectivity index (χ3v) is 5.91. The summed E-state index contributed by atoms with van der Waals surface area (Å²) in [7, 11) is 1.73. The Kier molecular flexibility index (Phi) is 5.03. The van der Waals surface area contributed by atoms with Crippen LogP contribution in [-0.4, -0.2) is 49.8 Å². The molecule has 1 aliphatic heterocycles. The monoisotopic (exact) mass is 407 g/mol. The number of hydrogen-bond acceptors (Lipinski definition) is 7. The van der Waals surface area contributed by atoms with Crippen LogP contribution in [0.1, 0.15) is 38.6 Å². The van der Waals surface area contributed by atoms with E-state index in [0.717, 1.165) is 17.7 Å². The van der Waals surface area contributed by atoms with E-state index in [0.29, 0.717) is 29.7 Å². The zero-order valence-corrected chi connectivity index (χ0v) is 17.8. The molecule has 0 aliphatic carbocycles. The molecule has 0 saturated carbocycles. The van der Waals surface area contributed by atoms with Crippen LogP contribution in [0.4, 0.5) is 11.5 Å². The van der Waals surface area contributed by atoms with Crippen molar-refractivity contribution in [3.63, 3.8) is 0 Å². The molecule has 4 heterocycles. The number of piperazine rings is 1. The summed E-state index contributed by atoms with van der Waals surface area (Å²) in [6.45, 7) is 16.9. The molecular formula is C21H25N7O2. The van der Waals surface area contributed by atoms with E-state index in [4.69, 9.17) is 11.0 Å². The quantitative estimate of drug-likeness (QED) is 0.617. The molecule has 156 valence electrons. The molecule has 4 rings (SSSR count). The molecule has 30 heavy (non-hydrogen) atoms. The summed E-state index contributed by atoms with van der Waals surface area (Å²) in [6.07, 6.45) is 0. The van der Waals surface area contributed by atoms with Crippen LogP contribution in [-0.2, 0) is 7.05 Å². The van der Waals surface area contributed by atoms with Crippen molar-refractivity contribution < 1.29 is 4.42 Å². The van der Waals surface area contributed by atoms with Crippen molar-refractivity contribution in [2.24, 2.45) is 7.05 Å². The molecule has 0 N–H and O–H groups in total. The Labute approximate surface area is 174 Å².